The number of aromatic nitrogens is 3. The molecular formula is C13H15N3O3. The summed E-state index contributed by atoms with van der Waals surface area (Å²) < 4.78 is 11.8. The molecule has 1 aromatic carbocycles. The number of hydrogen-bond acceptors (Lipinski definition) is 5. The van der Waals surface area contributed by atoms with Crippen molar-refractivity contribution in [1.29, 1.82) is 0 Å². The molecule has 0 saturated carbocycles. The van der Waals surface area contributed by atoms with Crippen LogP contribution in [0.4, 0.5) is 0 Å². The zero-order valence-electron chi connectivity index (χ0n) is 11.1. The van der Waals surface area contributed by atoms with Crippen molar-refractivity contribution >= 4 is 23.1 Å². The predicted octanol–water partition coefficient (Wildman–Crippen LogP) is 1.55. The van der Waals surface area contributed by atoms with Crippen LogP contribution in [0.1, 0.15) is 12.5 Å². The van der Waals surface area contributed by atoms with Gasteiger partial charge in [0.1, 0.15) is 16.8 Å². The van der Waals surface area contributed by atoms with Crippen molar-refractivity contribution in [3.05, 3.63) is 23.8 Å². The Hall–Kier alpha value is -2.37. The maximum atomic E-state index is 11.3. The molecule has 0 bridgehead atoms. The van der Waals surface area contributed by atoms with Gasteiger partial charge in [-0.05, 0) is 30.7 Å². The maximum absolute atomic E-state index is 11.3. The molecule has 0 fully saturated rings. The molecule has 19 heavy (non-hydrogen) atoms. The van der Waals surface area contributed by atoms with Crippen LogP contribution >= 0.6 is 0 Å². The number of hydrogen-bond donors (Lipinski definition) is 0. The fourth-order valence-electron chi connectivity index (χ4n) is 1.78. The Morgan fingerprint density at radius 1 is 1.47 bits per heavy atom. The number of rotatable bonds is 4. The molecule has 6 nitrogen and oxygen atoms in total. The molecular weight excluding hydrogens is 246 g/mol. The van der Waals surface area contributed by atoms with E-state index in [-0.39, 0.29) is 5.97 Å². The van der Waals surface area contributed by atoms with Gasteiger partial charge >= 0.3 is 5.97 Å². The van der Waals surface area contributed by atoms with E-state index < -0.39 is 0 Å². The van der Waals surface area contributed by atoms with Gasteiger partial charge in [-0.15, -0.1) is 5.10 Å². The van der Waals surface area contributed by atoms with Crippen molar-refractivity contribution in [2.24, 2.45) is 7.05 Å². The minimum absolute atomic E-state index is 0.357. The number of ether oxygens (including phenoxy) is 2. The summed E-state index contributed by atoms with van der Waals surface area (Å²) in [5.74, 6) is 0.286. The molecule has 0 aliphatic heterocycles. The second-order valence-corrected chi connectivity index (χ2v) is 3.89. The highest BCUT2D eigenvalue weighted by atomic mass is 16.5. The van der Waals surface area contributed by atoms with Crippen LogP contribution < -0.4 is 4.74 Å². The number of fused-ring (bicyclic) bond motifs is 1. The van der Waals surface area contributed by atoms with Gasteiger partial charge in [0.2, 0.25) is 0 Å². The lowest BCUT2D eigenvalue weighted by molar-refractivity contribution is -0.137. The Kier molecular flexibility index (Phi) is 3.79. The number of benzene rings is 1. The second-order valence-electron chi connectivity index (χ2n) is 3.89. The Labute approximate surface area is 110 Å². The molecule has 1 heterocycles. The molecule has 0 aliphatic rings. The molecule has 0 N–H and O–H groups in total. The number of nitrogens with zero attached hydrogens (tertiary/aromatic N) is 3. The monoisotopic (exact) mass is 261 g/mol. The third-order valence-electron chi connectivity index (χ3n) is 2.61. The Morgan fingerprint density at radius 3 is 2.95 bits per heavy atom. The van der Waals surface area contributed by atoms with Crippen molar-refractivity contribution in [2.45, 2.75) is 6.92 Å². The maximum Gasteiger partial charge on any atom is 0.330 e. The van der Waals surface area contributed by atoms with Crippen LogP contribution in [0.3, 0.4) is 0 Å². The Balaban J connectivity index is 2.37. The Bertz CT molecular complexity index is 631. The van der Waals surface area contributed by atoms with Gasteiger partial charge in [-0.1, -0.05) is 5.21 Å². The van der Waals surface area contributed by atoms with Crippen molar-refractivity contribution in [3.8, 4) is 5.75 Å². The smallest absolute Gasteiger partial charge is 0.330 e. The lowest BCUT2D eigenvalue weighted by atomic mass is 10.1. The Morgan fingerprint density at radius 2 is 2.26 bits per heavy atom. The first-order valence-electron chi connectivity index (χ1n) is 5.88. The van der Waals surface area contributed by atoms with Crippen LogP contribution in [0.2, 0.25) is 0 Å². The third kappa shape index (κ3) is 2.73. The molecule has 1 aromatic heterocycles. The zero-order chi connectivity index (χ0) is 13.8. The summed E-state index contributed by atoms with van der Waals surface area (Å²) in [6.07, 6.45) is 3.04. The molecule has 0 amide bonds. The summed E-state index contributed by atoms with van der Waals surface area (Å²) in [6.45, 7) is 2.12. The summed E-state index contributed by atoms with van der Waals surface area (Å²) in [6, 6.07) is 3.65. The summed E-state index contributed by atoms with van der Waals surface area (Å²) in [5, 5.41) is 7.97. The van der Waals surface area contributed by atoms with Gasteiger partial charge in [-0.25, -0.2) is 9.48 Å². The van der Waals surface area contributed by atoms with Gasteiger partial charge in [0.05, 0.1) is 13.7 Å². The van der Waals surface area contributed by atoms with Crippen molar-refractivity contribution < 1.29 is 14.3 Å². The largest absolute Gasteiger partial charge is 0.494 e. The molecule has 6 heteroatoms. The minimum Gasteiger partial charge on any atom is -0.494 e. The summed E-state index contributed by atoms with van der Waals surface area (Å²) in [4.78, 5) is 11.3. The van der Waals surface area contributed by atoms with Gasteiger partial charge in [0.25, 0.3) is 0 Å². The minimum atomic E-state index is -0.374. The first-order valence-corrected chi connectivity index (χ1v) is 5.88. The highest BCUT2D eigenvalue weighted by Gasteiger charge is 2.09. The molecule has 0 aliphatic carbocycles. The molecule has 0 atom stereocenters. The average Bonchev–Trinajstić information content (AvgIpc) is 2.78. The lowest BCUT2D eigenvalue weighted by Crippen LogP contribution is -1.98. The highest BCUT2D eigenvalue weighted by molar-refractivity contribution is 5.89. The number of esters is 1. The van der Waals surface area contributed by atoms with E-state index in [2.05, 4.69) is 10.3 Å². The van der Waals surface area contributed by atoms with Crippen LogP contribution in [-0.2, 0) is 16.6 Å². The molecule has 2 aromatic rings. The van der Waals surface area contributed by atoms with E-state index in [1.54, 1.807) is 31.8 Å². The van der Waals surface area contributed by atoms with Gasteiger partial charge in [0.15, 0.2) is 0 Å². The SMILES string of the molecule is CCOC(=O)/C=C/c1cc(OC)c2c(c1)nnn2C. The van der Waals surface area contributed by atoms with E-state index in [1.807, 2.05) is 12.1 Å². The van der Waals surface area contributed by atoms with Crippen LogP contribution in [0, 0.1) is 0 Å². The van der Waals surface area contributed by atoms with E-state index in [9.17, 15) is 4.79 Å². The third-order valence-corrected chi connectivity index (χ3v) is 2.61. The number of carbonyl (C=O) groups is 1. The second kappa shape index (κ2) is 5.51. The lowest BCUT2D eigenvalue weighted by Gasteiger charge is -2.04. The summed E-state index contributed by atoms with van der Waals surface area (Å²) in [7, 11) is 3.38. The van der Waals surface area contributed by atoms with Gasteiger partial charge in [-0.2, -0.15) is 0 Å². The predicted molar refractivity (Wildman–Crippen MR) is 70.7 cm³/mol. The fourth-order valence-corrected chi connectivity index (χ4v) is 1.78. The molecule has 0 unspecified atom stereocenters. The van der Waals surface area contributed by atoms with E-state index >= 15 is 0 Å². The highest BCUT2D eigenvalue weighted by Crippen LogP contribution is 2.26. The van der Waals surface area contributed by atoms with E-state index in [4.69, 9.17) is 9.47 Å². The molecule has 100 valence electrons. The first-order chi connectivity index (χ1) is 9.15. The quantitative estimate of drug-likeness (QED) is 0.617. The fraction of sp³-hybridized carbons (Fsp3) is 0.308. The standard InChI is InChI=1S/C13H15N3O3/c1-4-19-12(17)6-5-9-7-10-13(11(8-9)18-3)16(2)15-14-10/h5-8H,4H2,1-3H3/b6-5+. The summed E-state index contributed by atoms with van der Waals surface area (Å²) in [5.41, 5.74) is 2.33. The number of methoxy groups -OCH3 is 1. The zero-order valence-corrected chi connectivity index (χ0v) is 11.1. The normalized spacial score (nSPS) is 11.1. The van der Waals surface area contributed by atoms with Crippen LogP contribution in [0.5, 0.6) is 5.75 Å². The van der Waals surface area contributed by atoms with Crippen molar-refractivity contribution in [1.82, 2.24) is 15.0 Å². The van der Waals surface area contributed by atoms with E-state index in [0.717, 1.165) is 11.1 Å². The molecule has 0 saturated heterocycles. The van der Waals surface area contributed by atoms with Crippen LogP contribution in [0.15, 0.2) is 18.2 Å². The average molecular weight is 261 g/mol. The van der Waals surface area contributed by atoms with Crippen LogP contribution in [0.25, 0.3) is 17.1 Å². The van der Waals surface area contributed by atoms with Crippen LogP contribution in [-0.4, -0.2) is 34.7 Å². The van der Waals surface area contributed by atoms with Gasteiger partial charge in [-0.3, -0.25) is 0 Å². The van der Waals surface area contributed by atoms with Crippen molar-refractivity contribution in [2.75, 3.05) is 13.7 Å². The molecule has 0 radical (unpaired) electrons. The number of aryl methyl sites for hydroxylation is 1. The van der Waals surface area contributed by atoms with E-state index in [1.165, 1.54) is 6.08 Å². The summed E-state index contributed by atoms with van der Waals surface area (Å²) >= 11 is 0. The van der Waals surface area contributed by atoms with Gasteiger partial charge in [0, 0.05) is 13.1 Å². The molecule has 0 spiro atoms. The first kappa shape index (κ1) is 13.1. The van der Waals surface area contributed by atoms with Crippen molar-refractivity contribution in [3.63, 3.8) is 0 Å². The van der Waals surface area contributed by atoms with Gasteiger partial charge < -0.3 is 9.47 Å². The molecule has 2 rings (SSSR count). The number of carbonyl (C=O) groups excluding carboxylic acids is 1. The van der Waals surface area contributed by atoms with E-state index in [0.29, 0.717) is 17.9 Å². The topological polar surface area (TPSA) is 66.2 Å².